The molecule has 0 radical (unpaired) electrons. The van der Waals surface area contributed by atoms with Gasteiger partial charge < -0.3 is 5.73 Å². The summed E-state index contributed by atoms with van der Waals surface area (Å²) in [6, 6.07) is 0.0577. The van der Waals surface area contributed by atoms with Gasteiger partial charge in [-0.05, 0) is 18.3 Å². The monoisotopic (exact) mass is 205 g/mol. The summed E-state index contributed by atoms with van der Waals surface area (Å²) in [4.78, 5) is 0. The fourth-order valence-electron chi connectivity index (χ4n) is 1.86. The Balaban J connectivity index is 2.56. The topological polar surface area (TPSA) is 60.2 Å². The molecule has 0 aliphatic carbocycles. The lowest BCUT2D eigenvalue weighted by Gasteiger charge is -2.23. The van der Waals surface area contributed by atoms with Crippen LogP contribution >= 0.6 is 0 Å². The Labute approximate surface area is 80.6 Å². The highest BCUT2D eigenvalue weighted by molar-refractivity contribution is 7.91. The van der Waals surface area contributed by atoms with E-state index in [1.807, 2.05) is 0 Å². The van der Waals surface area contributed by atoms with E-state index in [-0.39, 0.29) is 12.0 Å². The largest absolute Gasteiger partial charge is 0.327 e. The van der Waals surface area contributed by atoms with Crippen molar-refractivity contribution < 1.29 is 8.42 Å². The van der Waals surface area contributed by atoms with Crippen LogP contribution in [0, 0.1) is 11.8 Å². The minimum absolute atomic E-state index is 0.0577. The normalized spacial score (nSPS) is 31.5. The predicted molar refractivity (Wildman–Crippen MR) is 54.2 cm³/mol. The Kier molecular flexibility index (Phi) is 3.35. The summed E-state index contributed by atoms with van der Waals surface area (Å²) >= 11 is 0. The third-order valence-corrected chi connectivity index (χ3v) is 4.91. The fraction of sp³-hybridized carbons (Fsp3) is 1.00. The SMILES string of the molecule is CCC(C)C(N)C1CCS(=O)(=O)C1. The molecule has 3 unspecified atom stereocenters. The summed E-state index contributed by atoms with van der Waals surface area (Å²) in [7, 11) is -2.76. The lowest BCUT2D eigenvalue weighted by molar-refractivity contribution is 0.341. The zero-order valence-corrected chi connectivity index (χ0v) is 9.18. The van der Waals surface area contributed by atoms with Crippen LogP contribution in [0.4, 0.5) is 0 Å². The highest BCUT2D eigenvalue weighted by Crippen LogP contribution is 2.25. The molecule has 3 atom stereocenters. The van der Waals surface area contributed by atoms with Crippen molar-refractivity contribution >= 4 is 9.84 Å². The van der Waals surface area contributed by atoms with Gasteiger partial charge in [-0.3, -0.25) is 0 Å². The molecule has 0 aromatic carbocycles. The number of sulfone groups is 1. The van der Waals surface area contributed by atoms with Crippen LogP contribution in [0.25, 0.3) is 0 Å². The van der Waals surface area contributed by atoms with Crippen LogP contribution in [0.15, 0.2) is 0 Å². The first-order chi connectivity index (χ1) is 5.96. The quantitative estimate of drug-likeness (QED) is 0.741. The van der Waals surface area contributed by atoms with E-state index in [0.29, 0.717) is 17.4 Å². The van der Waals surface area contributed by atoms with E-state index in [9.17, 15) is 8.42 Å². The molecule has 1 aliphatic heterocycles. The van der Waals surface area contributed by atoms with E-state index in [4.69, 9.17) is 5.73 Å². The molecule has 1 aliphatic rings. The Bertz CT molecular complexity index is 261. The van der Waals surface area contributed by atoms with Gasteiger partial charge in [0.05, 0.1) is 11.5 Å². The average Bonchev–Trinajstić information content (AvgIpc) is 2.43. The van der Waals surface area contributed by atoms with E-state index in [2.05, 4.69) is 13.8 Å². The molecule has 1 saturated heterocycles. The molecule has 0 aromatic heterocycles. The molecule has 0 spiro atoms. The molecular weight excluding hydrogens is 186 g/mol. The maximum Gasteiger partial charge on any atom is 0.150 e. The third kappa shape index (κ3) is 2.68. The van der Waals surface area contributed by atoms with Crippen LogP contribution in [0.5, 0.6) is 0 Å². The summed E-state index contributed by atoms with van der Waals surface area (Å²) in [5, 5.41) is 0. The molecule has 3 nitrogen and oxygen atoms in total. The van der Waals surface area contributed by atoms with Crippen molar-refractivity contribution in [3.8, 4) is 0 Å². The first kappa shape index (κ1) is 11.0. The minimum Gasteiger partial charge on any atom is -0.327 e. The molecule has 0 amide bonds. The Morgan fingerprint density at radius 1 is 1.54 bits per heavy atom. The maximum atomic E-state index is 11.2. The molecule has 2 N–H and O–H groups in total. The van der Waals surface area contributed by atoms with E-state index in [1.165, 1.54) is 0 Å². The molecule has 78 valence electrons. The van der Waals surface area contributed by atoms with Gasteiger partial charge in [0.2, 0.25) is 0 Å². The van der Waals surface area contributed by atoms with Gasteiger partial charge in [0.25, 0.3) is 0 Å². The van der Waals surface area contributed by atoms with Crippen LogP contribution in [-0.4, -0.2) is 26.0 Å². The van der Waals surface area contributed by atoms with Crippen LogP contribution in [-0.2, 0) is 9.84 Å². The Morgan fingerprint density at radius 3 is 2.54 bits per heavy atom. The van der Waals surface area contributed by atoms with Gasteiger partial charge in [-0.2, -0.15) is 0 Å². The van der Waals surface area contributed by atoms with Crippen LogP contribution < -0.4 is 5.73 Å². The Morgan fingerprint density at radius 2 is 2.15 bits per heavy atom. The smallest absolute Gasteiger partial charge is 0.150 e. The maximum absolute atomic E-state index is 11.2. The molecular formula is C9H19NO2S. The van der Waals surface area contributed by atoms with Gasteiger partial charge in [0, 0.05) is 6.04 Å². The molecule has 4 heteroatoms. The molecule has 1 heterocycles. The van der Waals surface area contributed by atoms with Crippen LogP contribution in [0.1, 0.15) is 26.7 Å². The zero-order valence-electron chi connectivity index (χ0n) is 8.36. The van der Waals surface area contributed by atoms with Gasteiger partial charge in [0.1, 0.15) is 0 Å². The first-order valence-corrected chi connectivity index (χ1v) is 6.74. The Hall–Kier alpha value is -0.0900. The minimum atomic E-state index is -2.76. The second kappa shape index (κ2) is 3.96. The molecule has 1 fully saturated rings. The van der Waals surface area contributed by atoms with Crippen molar-refractivity contribution in [1.82, 2.24) is 0 Å². The molecule has 13 heavy (non-hydrogen) atoms. The number of nitrogens with two attached hydrogens (primary N) is 1. The van der Waals surface area contributed by atoms with E-state index < -0.39 is 9.84 Å². The van der Waals surface area contributed by atoms with E-state index in [0.717, 1.165) is 12.8 Å². The summed E-state index contributed by atoms with van der Waals surface area (Å²) in [6.45, 7) is 4.18. The van der Waals surface area contributed by atoms with Crippen molar-refractivity contribution in [3.63, 3.8) is 0 Å². The summed E-state index contributed by atoms with van der Waals surface area (Å²) in [6.07, 6.45) is 1.78. The summed E-state index contributed by atoms with van der Waals surface area (Å²) in [5.74, 6) is 1.26. The highest BCUT2D eigenvalue weighted by atomic mass is 32.2. The zero-order chi connectivity index (χ0) is 10.1. The average molecular weight is 205 g/mol. The molecule has 0 saturated carbocycles. The number of hydrogen-bond acceptors (Lipinski definition) is 3. The lowest BCUT2D eigenvalue weighted by atomic mass is 9.88. The standard InChI is InChI=1S/C9H19NO2S/c1-3-7(2)9(10)8-4-5-13(11,12)6-8/h7-9H,3-6,10H2,1-2H3. The first-order valence-electron chi connectivity index (χ1n) is 4.92. The fourth-order valence-corrected chi connectivity index (χ4v) is 3.73. The lowest BCUT2D eigenvalue weighted by Crippen LogP contribution is -2.36. The number of hydrogen-bond donors (Lipinski definition) is 1. The van der Waals surface area contributed by atoms with E-state index >= 15 is 0 Å². The van der Waals surface area contributed by atoms with Crippen molar-refractivity contribution in [3.05, 3.63) is 0 Å². The third-order valence-electron chi connectivity index (χ3n) is 3.11. The molecule has 0 aromatic rings. The van der Waals surface area contributed by atoms with Crippen molar-refractivity contribution in [1.29, 1.82) is 0 Å². The van der Waals surface area contributed by atoms with Crippen LogP contribution in [0.2, 0.25) is 0 Å². The van der Waals surface area contributed by atoms with Crippen molar-refractivity contribution in [2.75, 3.05) is 11.5 Å². The second-order valence-electron chi connectivity index (χ2n) is 4.13. The van der Waals surface area contributed by atoms with Crippen molar-refractivity contribution in [2.45, 2.75) is 32.7 Å². The second-order valence-corrected chi connectivity index (χ2v) is 6.35. The van der Waals surface area contributed by atoms with Gasteiger partial charge in [-0.1, -0.05) is 20.3 Å². The van der Waals surface area contributed by atoms with Crippen molar-refractivity contribution in [2.24, 2.45) is 17.6 Å². The predicted octanol–water partition coefficient (Wildman–Crippen LogP) is 0.795. The summed E-state index contributed by atoms with van der Waals surface area (Å²) < 4.78 is 22.4. The highest BCUT2D eigenvalue weighted by Gasteiger charge is 2.33. The van der Waals surface area contributed by atoms with Crippen LogP contribution in [0.3, 0.4) is 0 Å². The summed E-state index contributed by atoms with van der Waals surface area (Å²) in [5.41, 5.74) is 5.99. The molecule has 1 rings (SSSR count). The van der Waals surface area contributed by atoms with Gasteiger partial charge in [0.15, 0.2) is 9.84 Å². The number of rotatable bonds is 3. The molecule has 0 bridgehead atoms. The van der Waals surface area contributed by atoms with Gasteiger partial charge >= 0.3 is 0 Å². The van der Waals surface area contributed by atoms with Gasteiger partial charge in [-0.15, -0.1) is 0 Å². The van der Waals surface area contributed by atoms with Gasteiger partial charge in [-0.25, -0.2) is 8.42 Å². The van der Waals surface area contributed by atoms with E-state index in [1.54, 1.807) is 0 Å².